The number of anilines is 1. The zero-order chi connectivity index (χ0) is 13.5. The maximum Gasteiger partial charge on any atom is 0.321 e. The maximum atomic E-state index is 11.5. The third kappa shape index (κ3) is 5.62. The zero-order valence-electron chi connectivity index (χ0n) is 10.4. The van der Waals surface area contributed by atoms with Gasteiger partial charge in [-0.1, -0.05) is 6.92 Å². The summed E-state index contributed by atoms with van der Waals surface area (Å²) in [6, 6.07) is -0.313. The first-order chi connectivity index (χ1) is 8.47. The lowest BCUT2D eigenvalue weighted by Gasteiger charge is -2.11. The van der Waals surface area contributed by atoms with Crippen LogP contribution in [0, 0.1) is 12.8 Å². The van der Waals surface area contributed by atoms with E-state index in [0.29, 0.717) is 18.1 Å². The van der Waals surface area contributed by atoms with Crippen molar-refractivity contribution in [1.82, 2.24) is 10.3 Å². The number of amides is 2. The van der Waals surface area contributed by atoms with E-state index < -0.39 is 5.97 Å². The molecule has 100 valence electrons. The molecule has 0 saturated heterocycles. The molecule has 0 bridgehead atoms. The monoisotopic (exact) mass is 271 g/mol. The highest BCUT2D eigenvalue weighted by atomic mass is 32.1. The van der Waals surface area contributed by atoms with Crippen molar-refractivity contribution in [1.29, 1.82) is 0 Å². The predicted octanol–water partition coefficient (Wildman–Crippen LogP) is 2.07. The molecule has 3 N–H and O–H groups in total. The quantitative estimate of drug-likeness (QED) is 0.738. The second-order valence-electron chi connectivity index (χ2n) is 4.17. The van der Waals surface area contributed by atoms with Gasteiger partial charge in [0.25, 0.3) is 0 Å². The lowest BCUT2D eigenvalue weighted by molar-refractivity contribution is -0.137. The molecule has 0 spiro atoms. The standard InChI is InChI=1S/C11H17N3O3S/c1-7(3-4-9(15)16)5-12-10(17)14-11-13-8(2)6-18-11/h6-7H,3-5H2,1-2H3,(H,15,16)(H2,12,13,14,17). The number of carboxylic acids is 1. The number of aromatic nitrogens is 1. The third-order valence-electron chi connectivity index (χ3n) is 2.30. The van der Waals surface area contributed by atoms with E-state index in [0.717, 1.165) is 5.69 Å². The highest BCUT2D eigenvalue weighted by Crippen LogP contribution is 2.13. The lowest BCUT2D eigenvalue weighted by atomic mass is 10.1. The first-order valence-corrected chi connectivity index (χ1v) is 6.54. The van der Waals surface area contributed by atoms with Crippen molar-refractivity contribution >= 4 is 28.5 Å². The third-order valence-corrected chi connectivity index (χ3v) is 3.18. The Hall–Kier alpha value is -1.63. The number of aryl methyl sites for hydroxylation is 1. The van der Waals surface area contributed by atoms with Crippen LogP contribution in [0.3, 0.4) is 0 Å². The van der Waals surface area contributed by atoms with Gasteiger partial charge in [-0.05, 0) is 19.3 Å². The van der Waals surface area contributed by atoms with E-state index in [1.165, 1.54) is 11.3 Å². The molecule has 18 heavy (non-hydrogen) atoms. The Balaban J connectivity index is 2.22. The number of thiazole rings is 1. The van der Waals surface area contributed by atoms with E-state index in [-0.39, 0.29) is 18.4 Å². The van der Waals surface area contributed by atoms with Gasteiger partial charge in [0.15, 0.2) is 5.13 Å². The molecule has 0 aliphatic carbocycles. The normalized spacial score (nSPS) is 11.9. The van der Waals surface area contributed by atoms with Gasteiger partial charge in [0.2, 0.25) is 0 Å². The van der Waals surface area contributed by atoms with Crippen LogP contribution in [0.2, 0.25) is 0 Å². The van der Waals surface area contributed by atoms with E-state index in [1.54, 1.807) is 0 Å². The lowest BCUT2D eigenvalue weighted by Crippen LogP contribution is -2.32. The largest absolute Gasteiger partial charge is 0.481 e. The Bertz CT molecular complexity index is 419. The second-order valence-corrected chi connectivity index (χ2v) is 5.02. The highest BCUT2D eigenvalue weighted by molar-refractivity contribution is 7.13. The van der Waals surface area contributed by atoms with E-state index >= 15 is 0 Å². The van der Waals surface area contributed by atoms with E-state index in [9.17, 15) is 9.59 Å². The van der Waals surface area contributed by atoms with E-state index in [1.807, 2.05) is 19.2 Å². The molecule has 1 atom stereocenters. The molecule has 1 heterocycles. The van der Waals surface area contributed by atoms with Crippen molar-refractivity contribution in [2.75, 3.05) is 11.9 Å². The minimum atomic E-state index is -0.815. The summed E-state index contributed by atoms with van der Waals surface area (Å²) in [6.07, 6.45) is 0.669. The van der Waals surface area contributed by atoms with Crippen LogP contribution in [-0.4, -0.2) is 28.6 Å². The molecule has 1 aromatic heterocycles. The summed E-state index contributed by atoms with van der Waals surface area (Å²) in [6.45, 7) is 4.20. The summed E-state index contributed by atoms with van der Waals surface area (Å²) in [4.78, 5) is 26.0. The van der Waals surface area contributed by atoms with Gasteiger partial charge >= 0.3 is 12.0 Å². The number of urea groups is 1. The van der Waals surface area contributed by atoms with Gasteiger partial charge in [0.05, 0.1) is 5.69 Å². The Morgan fingerprint density at radius 3 is 2.83 bits per heavy atom. The zero-order valence-corrected chi connectivity index (χ0v) is 11.2. The molecule has 0 radical (unpaired) electrons. The summed E-state index contributed by atoms with van der Waals surface area (Å²) in [7, 11) is 0. The predicted molar refractivity (Wildman–Crippen MR) is 69.9 cm³/mol. The van der Waals surface area contributed by atoms with Gasteiger partial charge < -0.3 is 10.4 Å². The maximum absolute atomic E-state index is 11.5. The summed E-state index contributed by atoms with van der Waals surface area (Å²) < 4.78 is 0. The van der Waals surface area contributed by atoms with Crippen molar-refractivity contribution in [2.24, 2.45) is 5.92 Å². The SMILES string of the molecule is Cc1csc(NC(=O)NCC(C)CCC(=O)O)n1. The summed E-state index contributed by atoms with van der Waals surface area (Å²) >= 11 is 1.37. The van der Waals surface area contributed by atoms with Crippen molar-refractivity contribution in [2.45, 2.75) is 26.7 Å². The van der Waals surface area contributed by atoms with E-state index in [2.05, 4.69) is 15.6 Å². The minimum absolute atomic E-state index is 0.121. The molecular formula is C11H17N3O3S. The van der Waals surface area contributed by atoms with Gasteiger partial charge in [-0.15, -0.1) is 11.3 Å². The van der Waals surface area contributed by atoms with Crippen LogP contribution < -0.4 is 10.6 Å². The van der Waals surface area contributed by atoms with Gasteiger partial charge in [0.1, 0.15) is 0 Å². The van der Waals surface area contributed by atoms with Crippen LogP contribution in [0.15, 0.2) is 5.38 Å². The number of hydrogen-bond donors (Lipinski definition) is 3. The molecule has 0 aliphatic rings. The van der Waals surface area contributed by atoms with Crippen molar-refractivity contribution in [3.05, 3.63) is 11.1 Å². The second kappa shape index (κ2) is 6.95. The topological polar surface area (TPSA) is 91.3 Å². The number of hydrogen-bond acceptors (Lipinski definition) is 4. The molecule has 0 fully saturated rings. The first kappa shape index (κ1) is 14.4. The van der Waals surface area contributed by atoms with Gasteiger partial charge in [-0.2, -0.15) is 0 Å². The Kier molecular flexibility index (Phi) is 5.57. The fourth-order valence-corrected chi connectivity index (χ4v) is 1.97. The number of rotatable bonds is 6. The average Bonchev–Trinajstić information content (AvgIpc) is 2.69. The summed E-state index contributed by atoms with van der Waals surface area (Å²) in [5.41, 5.74) is 0.866. The van der Waals surface area contributed by atoms with Crippen LogP contribution >= 0.6 is 11.3 Å². The fourth-order valence-electron chi connectivity index (χ4n) is 1.29. The Labute approximate surface area is 109 Å². The van der Waals surface area contributed by atoms with Crippen LogP contribution in [-0.2, 0) is 4.79 Å². The van der Waals surface area contributed by atoms with Gasteiger partial charge in [0, 0.05) is 18.3 Å². The smallest absolute Gasteiger partial charge is 0.321 e. The van der Waals surface area contributed by atoms with Crippen LogP contribution in [0.5, 0.6) is 0 Å². The number of nitrogens with one attached hydrogen (secondary N) is 2. The van der Waals surface area contributed by atoms with E-state index in [4.69, 9.17) is 5.11 Å². The highest BCUT2D eigenvalue weighted by Gasteiger charge is 2.08. The van der Waals surface area contributed by atoms with Crippen LogP contribution in [0.25, 0.3) is 0 Å². The molecule has 0 aliphatic heterocycles. The molecule has 6 nitrogen and oxygen atoms in total. The average molecular weight is 271 g/mol. The fraction of sp³-hybridized carbons (Fsp3) is 0.545. The molecule has 7 heteroatoms. The van der Waals surface area contributed by atoms with Crippen LogP contribution in [0.1, 0.15) is 25.5 Å². The molecule has 1 rings (SSSR count). The first-order valence-electron chi connectivity index (χ1n) is 5.66. The number of aliphatic carboxylic acids is 1. The summed E-state index contributed by atoms with van der Waals surface area (Å²) in [5, 5.41) is 16.3. The molecular weight excluding hydrogens is 254 g/mol. The Morgan fingerprint density at radius 2 is 2.28 bits per heavy atom. The Morgan fingerprint density at radius 1 is 1.56 bits per heavy atom. The van der Waals surface area contributed by atoms with Gasteiger partial charge in [-0.25, -0.2) is 9.78 Å². The van der Waals surface area contributed by atoms with Crippen molar-refractivity contribution < 1.29 is 14.7 Å². The minimum Gasteiger partial charge on any atom is -0.481 e. The van der Waals surface area contributed by atoms with Crippen molar-refractivity contribution in [3.8, 4) is 0 Å². The number of nitrogens with zero attached hydrogens (tertiary/aromatic N) is 1. The van der Waals surface area contributed by atoms with Crippen LogP contribution in [0.4, 0.5) is 9.93 Å². The summed E-state index contributed by atoms with van der Waals surface area (Å²) in [5.74, 6) is -0.686. The molecule has 0 saturated carbocycles. The van der Waals surface area contributed by atoms with Gasteiger partial charge in [-0.3, -0.25) is 10.1 Å². The molecule has 1 aromatic rings. The number of carboxylic acid groups (broad SMARTS) is 1. The molecule has 2 amide bonds. The number of carbonyl (C=O) groups is 2. The molecule has 1 unspecified atom stereocenters. The number of carbonyl (C=O) groups excluding carboxylic acids is 1. The molecule has 0 aromatic carbocycles. The van der Waals surface area contributed by atoms with Crippen molar-refractivity contribution in [3.63, 3.8) is 0 Å².